The number of rotatable bonds is 5. The summed E-state index contributed by atoms with van der Waals surface area (Å²) in [6, 6.07) is 13.3. The van der Waals surface area contributed by atoms with Gasteiger partial charge in [0.15, 0.2) is 0 Å². The fraction of sp³-hybridized carbons (Fsp3) is 0.217. The maximum absolute atomic E-state index is 11.1. The van der Waals surface area contributed by atoms with Crippen LogP contribution in [0.5, 0.6) is 0 Å². The minimum absolute atomic E-state index is 0.0893. The molecule has 1 aliphatic heterocycles. The van der Waals surface area contributed by atoms with E-state index in [-0.39, 0.29) is 12.5 Å². The molecule has 0 amide bonds. The van der Waals surface area contributed by atoms with Crippen molar-refractivity contribution in [2.75, 3.05) is 24.5 Å². The lowest BCUT2D eigenvalue weighted by Gasteiger charge is -2.34. The van der Waals surface area contributed by atoms with E-state index in [1.54, 1.807) is 6.33 Å². The molecule has 8 nitrogen and oxygen atoms in total. The van der Waals surface area contributed by atoms with Crippen LogP contribution in [0.1, 0.15) is 6.42 Å². The molecule has 0 saturated carbocycles. The van der Waals surface area contributed by atoms with Crippen LogP contribution in [0.4, 0.5) is 5.69 Å². The number of imidazole rings is 1. The van der Waals surface area contributed by atoms with Gasteiger partial charge in [-0.25, -0.2) is 9.97 Å². The van der Waals surface area contributed by atoms with Crippen molar-refractivity contribution in [1.29, 1.82) is 0 Å². The zero-order chi connectivity index (χ0) is 22.1. The third-order valence-electron chi connectivity index (χ3n) is 5.56. The second-order valence-electron chi connectivity index (χ2n) is 7.76. The molecule has 1 saturated heterocycles. The Kier molecular flexibility index (Phi) is 5.46. The standard InChI is InChI=1S/C23H21ClN6O2/c24-15-3-1-2-14(8-15)22-23(28-13-27-22)19-5-4-18-20(29-19)10-17(11-26-18)30-7-6-25-16(12-30)9-21(31)32/h1-5,8,10-11,13,16,25H,6-7,9,12H2,(H,27,28)(H,31,32). The highest BCUT2D eigenvalue weighted by Crippen LogP contribution is 2.30. The van der Waals surface area contributed by atoms with E-state index in [0.717, 1.165) is 52.5 Å². The number of aliphatic carboxylic acids is 1. The van der Waals surface area contributed by atoms with Crippen LogP contribution < -0.4 is 10.2 Å². The summed E-state index contributed by atoms with van der Waals surface area (Å²) in [6.45, 7) is 2.11. The molecule has 162 valence electrons. The zero-order valence-corrected chi connectivity index (χ0v) is 17.9. The van der Waals surface area contributed by atoms with Crippen LogP contribution in [0, 0.1) is 0 Å². The van der Waals surface area contributed by atoms with Crippen molar-refractivity contribution in [3.05, 3.63) is 60.0 Å². The highest BCUT2D eigenvalue weighted by molar-refractivity contribution is 6.30. The summed E-state index contributed by atoms with van der Waals surface area (Å²) in [7, 11) is 0. The number of carbonyl (C=O) groups is 1. The van der Waals surface area contributed by atoms with Gasteiger partial charge in [-0.05, 0) is 30.3 Å². The van der Waals surface area contributed by atoms with Gasteiger partial charge >= 0.3 is 5.97 Å². The van der Waals surface area contributed by atoms with E-state index in [1.807, 2.05) is 48.7 Å². The summed E-state index contributed by atoms with van der Waals surface area (Å²) in [5.74, 6) is -0.803. The lowest BCUT2D eigenvalue weighted by Crippen LogP contribution is -2.51. The van der Waals surface area contributed by atoms with Gasteiger partial charge in [-0.15, -0.1) is 0 Å². The molecule has 5 rings (SSSR count). The second kappa shape index (κ2) is 8.57. The van der Waals surface area contributed by atoms with E-state index in [0.29, 0.717) is 11.6 Å². The first kappa shape index (κ1) is 20.4. The number of aromatic amines is 1. The predicted octanol–water partition coefficient (Wildman–Crippen LogP) is 3.59. The van der Waals surface area contributed by atoms with E-state index < -0.39 is 5.97 Å². The molecule has 1 fully saturated rings. The van der Waals surface area contributed by atoms with E-state index in [1.165, 1.54) is 0 Å². The number of carboxylic acids is 1. The number of anilines is 1. The quantitative estimate of drug-likeness (QED) is 0.428. The Balaban J connectivity index is 1.48. The first-order valence-corrected chi connectivity index (χ1v) is 10.7. The van der Waals surface area contributed by atoms with Gasteiger partial charge in [-0.3, -0.25) is 9.78 Å². The van der Waals surface area contributed by atoms with Crippen LogP contribution in [0.25, 0.3) is 33.7 Å². The summed E-state index contributed by atoms with van der Waals surface area (Å²) in [6.07, 6.45) is 3.56. The number of hydrogen-bond acceptors (Lipinski definition) is 6. The molecule has 4 heterocycles. The third kappa shape index (κ3) is 4.15. The van der Waals surface area contributed by atoms with Crippen LogP contribution in [0.15, 0.2) is 55.0 Å². The van der Waals surface area contributed by atoms with Crippen molar-refractivity contribution in [1.82, 2.24) is 25.3 Å². The maximum Gasteiger partial charge on any atom is 0.304 e. The number of fused-ring (bicyclic) bond motifs is 1. The van der Waals surface area contributed by atoms with Crippen LogP contribution >= 0.6 is 11.6 Å². The lowest BCUT2D eigenvalue weighted by molar-refractivity contribution is -0.137. The largest absolute Gasteiger partial charge is 0.481 e. The van der Waals surface area contributed by atoms with Crippen molar-refractivity contribution in [2.45, 2.75) is 12.5 Å². The number of benzene rings is 1. The van der Waals surface area contributed by atoms with Crippen LogP contribution in [-0.4, -0.2) is 56.7 Å². The Morgan fingerprint density at radius 1 is 1.19 bits per heavy atom. The summed E-state index contributed by atoms with van der Waals surface area (Å²) in [5, 5.41) is 13.0. The highest BCUT2D eigenvalue weighted by Gasteiger charge is 2.22. The second-order valence-corrected chi connectivity index (χ2v) is 8.20. The Bertz CT molecular complexity index is 1290. The molecule has 32 heavy (non-hydrogen) atoms. The van der Waals surface area contributed by atoms with E-state index in [2.05, 4.69) is 25.2 Å². The summed E-state index contributed by atoms with van der Waals surface area (Å²) >= 11 is 6.16. The number of aromatic nitrogens is 4. The van der Waals surface area contributed by atoms with Crippen molar-refractivity contribution in [3.8, 4) is 22.6 Å². The van der Waals surface area contributed by atoms with Gasteiger partial charge < -0.3 is 20.3 Å². The minimum atomic E-state index is -0.803. The Labute approximate surface area is 189 Å². The van der Waals surface area contributed by atoms with E-state index in [9.17, 15) is 4.79 Å². The first-order chi connectivity index (χ1) is 15.6. The average Bonchev–Trinajstić information content (AvgIpc) is 3.28. The number of nitrogens with one attached hydrogen (secondary N) is 2. The lowest BCUT2D eigenvalue weighted by atomic mass is 10.1. The Morgan fingerprint density at radius 2 is 2.09 bits per heavy atom. The molecule has 3 N–H and O–H groups in total. The van der Waals surface area contributed by atoms with Gasteiger partial charge in [0, 0.05) is 36.3 Å². The van der Waals surface area contributed by atoms with Gasteiger partial charge in [0.1, 0.15) is 0 Å². The number of hydrogen-bond donors (Lipinski definition) is 3. The van der Waals surface area contributed by atoms with Gasteiger partial charge in [0.2, 0.25) is 0 Å². The smallest absolute Gasteiger partial charge is 0.304 e. The highest BCUT2D eigenvalue weighted by atomic mass is 35.5. The average molecular weight is 449 g/mol. The normalized spacial score (nSPS) is 16.4. The topological polar surface area (TPSA) is 107 Å². The molecule has 1 atom stereocenters. The van der Waals surface area contributed by atoms with Gasteiger partial charge in [0.05, 0.1) is 52.7 Å². The molecule has 0 spiro atoms. The molecule has 9 heteroatoms. The number of nitrogens with zero attached hydrogens (tertiary/aromatic N) is 4. The van der Waals surface area contributed by atoms with Crippen molar-refractivity contribution < 1.29 is 9.90 Å². The van der Waals surface area contributed by atoms with E-state index in [4.69, 9.17) is 21.7 Å². The fourth-order valence-electron chi connectivity index (χ4n) is 4.06. The molecule has 0 bridgehead atoms. The van der Waals surface area contributed by atoms with Gasteiger partial charge in [0.25, 0.3) is 0 Å². The van der Waals surface area contributed by atoms with E-state index >= 15 is 0 Å². The molecule has 0 radical (unpaired) electrons. The van der Waals surface area contributed by atoms with Gasteiger partial charge in [-0.2, -0.15) is 0 Å². The van der Waals surface area contributed by atoms with Crippen LogP contribution in [-0.2, 0) is 4.79 Å². The molecule has 0 aliphatic carbocycles. The Hall–Kier alpha value is -3.49. The molecule has 1 aromatic carbocycles. The molecule has 3 aromatic heterocycles. The summed E-state index contributed by atoms with van der Waals surface area (Å²) in [4.78, 5) is 30.3. The molecular weight excluding hydrogens is 428 g/mol. The molecule has 4 aromatic rings. The SMILES string of the molecule is O=C(O)CC1CN(c2cnc3ccc(-c4[nH]cnc4-c4cccc(Cl)c4)nc3c2)CCN1. The summed E-state index contributed by atoms with van der Waals surface area (Å²) in [5.41, 5.74) is 5.74. The van der Waals surface area contributed by atoms with Crippen LogP contribution in [0.2, 0.25) is 5.02 Å². The molecular formula is C23H21ClN6O2. The third-order valence-corrected chi connectivity index (χ3v) is 5.79. The summed E-state index contributed by atoms with van der Waals surface area (Å²) < 4.78 is 0. The fourth-order valence-corrected chi connectivity index (χ4v) is 4.25. The monoisotopic (exact) mass is 448 g/mol. The van der Waals surface area contributed by atoms with Crippen molar-refractivity contribution >= 4 is 34.3 Å². The zero-order valence-electron chi connectivity index (χ0n) is 17.1. The first-order valence-electron chi connectivity index (χ1n) is 10.3. The van der Waals surface area contributed by atoms with Crippen molar-refractivity contribution in [2.24, 2.45) is 0 Å². The van der Waals surface area contributed by atoms with Crippen molar-refractivity contribution in [3.63, 3.8) is 0 Å². The predicted molar refractivity (Wildman–Crippen MR) is 124 cm³/mol. The molecule has 1 unspecified atom stereocenters. The number of H-pyrrole nitrogens is 1. The minimum Gasteiger partial charge on any atom is -0.481 e. The van der Waals surface area contributed by atoms with Gasteiger partial charge in [-0.1, -0.05) is 23.7 Å². The number of piperazine rings is 1. The Morgan fingerprint density at radius 3 is 2.94 bits per heavy atom. The number of carboxylic acid groups (broad SMARTS) is 1. The number of pyridine rings is 2. The van der Waals surface area contributed by atoms with Crippen LogP contribution in [0.3, 0.4) is 0 Å². The molecule has 1 aliphatic rings. The maximum atomic E-state index is 11.1. The number of halogens is 1.